The number of anilines is 2. The van der Waals surface area contributed by atoms with Crippen molar-refractivity contribution in [2.24, 2.45) is 5.92 Å². The van der Waals surface area contributed by atoms with Crippen molar-refractivity contribution < 1.29 is 23.8 Å². The van der Waals surface area contributed by atoms with E-state index in [0.29, 0.717) is 37.6 Å². The van der Waals surface area contributed by atoms with Crippen LogP contribution in [0.25, 0.3) is 11.1 Å². The van der Waals surface area contributed by atoms with E-state index in [4.69, 9.17) is 9.15 Å². The standard InChI is InChI=1S/C34H37N3O5S/c1-22-7-5-6-10-29(22)35-34-36-30-16-11-23(17-31(30)42-34)18-32(38)37-20-28(43-27-8-3-2-4-9-27)19-25(37)21-41-26-14-12-24(13-15-26)33(39)40/h2-11,16-17,24-26,28H,12-15,18-21H2,1H3,(H,35,36)(H,39,40)/t24-,25-,26-,28-/m0/s1. The number of nitrogens with one attached hydrogen (secondary N) is 1. The fourth-order valence-electron chi connectivity index (χ4n) is 6.07. The molecule has 2 N–H and O–H groups in total. The molecule has 1 aromatic heterocycles. The van der Waals surface area contributed by atoms with Crippen LogP contribution in [-0.2, 0) is 20.7 Å². The van der Waals surface area contributed by atoms with E-state index in [9.17, 15) is 14.7 Å². The van der Waals surface area contributed by atoms with Crippen molar-refractivity contribution in [1.82, 2.24) is 9.88 Å². The van der Waals surface area contributed by atoms with E-state index < -0.39 is 5.97 Å². The molecule has 0 unspecified atom stereocenters. The minimum absolute atomic E-state index is 0.0233. The second-order valence-corrected chi connectivity index (χ2v) is 12.9. The highest BCUT2D eigenvalue weighted by molar-refractivity contribution is 8.00. The first-order valence-corrected chi connectivity index (χ1v) is 15.9. The molecule has 1 aliphatic heterocycles. The van der Waals surface area contributed by atoms with Gasteiger partial charge in [0.25, 0.3) is 6.01 Å². The van der Waals surface area contributed by atoms with Gasteiger partial charge >= 0.3 is 5.97 Å². The molecule has 0 bridgehead atoms. The number of para-hydroxylation sites is 1. The van der Waals surface area contributed by atoms with Crippen molar-refractivity contribution in [2.45, 2.75) is 67.7 Å². The van der Waals surface area contributed by atoms with Crippen LogP contribution in [0, 0.1) is 12.8 Å². The third-order valence-electron chi connectivity index (χ3n) is 8.49. The molecule has 43 heavy (non-hydrogen) atoms. The maximum absolute atomic E-state index is 13.7. The summed E-state index contributed by atoms with van der Waals surface area (Å²) >= 11 is 1.81. The Morgan fingerprint density at radius 1 is 1.05 bits per heavy atom. The number of hydrogen-bond donors (Lipinski definition) is 2. The summed E-state index contributed by atoms with van der Waals surface area (Å²) in [7, 11) is 0. The van der Waals surface area contributed by atoms with Crippen molar-refractivity contribution in [2.75, 3.05) is 18.5 Å². The summed E-state index contributed by atoms with van der Waals surface area (Å²) in [5, 5.41) is 12.8. The Balaban J connectivity index is 1.12. The van der Waals surface area contributed by atoms with Gasteiger partial charge in [0.1, 0.15) is 5.52 Å². The molecule has 1 saturated heterocycles. The summed E-state index contributed by atoms with van der Waals surface area (Å²) in [6.07, 6.45) is 3.95. The summed E-state index contributed by atoms with van der Waals surface area (Å²) in [5.74, 6) is -0.919. The first kappa shape index (κ1) is 29.3. The van der Waals surface area contributed by atoms with Crippen LogP contribution in [0.1, 0.15) is 43.2 Å². The number of rotatable bonds is 10. The number of aromatic nitrogens is 1. The lowest BCUT2D eigenvalue weighted by atomic mass is 9.87. The molecule has 0 spiro atoms. The number of carbonyl (C=O) groups excluding carboxylic acids is 1. The second kappa shape index (κ2) is 13.2. The molecular weight excluding hydrogens is 562 g/mol. The lowest BCUT2D eigenvalue weighted by Gasteiger charge is -2.30. The first-order chi connectivity index (χ1) is 20.9. The van der Waals surface area contributed by atoms with Gasteiger partial charge in [-0.3, -0.25) is 9.59 Å². The number of oxazole rings is 1. The number of aryl methyl sites for hydroxylation is 1. The van der Waals surface area contributed by atoms with Crippen LogP contribution >= 0.6 is 11.8 Å². The Morgan fingerprint density at radius 2 is 1.81 bits per heavy atom. The van der Waals surface area contributed by atoms with Crippen molar-refractivity contribution in [1.29, 1.82) is 0 Å². The third-order valence-corrected chi connectivity index (χ3v) is 9.70. The SMILES string of the molecule is Cc1ccccc1Nc1nc2ccc(CC(=O)N3C[C@@H](Sc4ccccc4)C[C@H]3CO[C@H]3CC[C@H](C(=O)O)CC3)cc2o1. The fourth-order valence-corrected chi connectivity index (χ4v) is 7.33. The van der Waals surface area contributed by atoms with Crippen LogP contribution in [0.5, 0.6) is 0 Å². The van der Waals surface area contributed by atoms with E-state index in [1.807, 2.05) is 84.2 Å². The zero-order valence-electron chi connectivity index (χ0n) is 24.3. The van der Waals surface area contributed by atoms with Gasteiger partial charge in [-0.05, 0) is 80.5 Å². The number of ether oxygens (including phenoxy) is 1. The van der Waals surface area contributed by atoms with Gasteiger partial charge in [0.2, 0.25) is 5.91 Å². The van der Waals surface area contributed by atoms with Gasteiger partial charge in [0.15, 0.2) is 5.58 Å². The molecule has 8 nitrogen and oxygen atoms in total. The van der Waals surface area contributed by atoms with Gasteiger partial charge in [-0.2, -0.15) is 4.98 Å². The molecule has 1 amide bonds. The van der Waals surface area contributed by atoms with Crippen molar-refractivity contribution in [3.05, 3.63) is 83.9 Å². The molecule has 4 aromatic rings. The molecule has 3 aromatic carbocycles. The number of carboxylic acid groups (broad SMARTS) is 1. The molecule has 2 fully saturated rings. The number of aliphatic carboxylic acids is 1. The van der Waals surface area contributed by atoms with E-state index in [-0.39, 0.29) is 35.6 Å². The van der Waals surface area contributed by atoms with Crippen LogP contribution < -0.4 is 5.32 Å². The van der Waals surface area contributed by atoms with Crippen LogP contribution in [0.3, 0.4) is 0 Å². The Labute approximate surface area is 255 Å². The normalized spacial score (nSPS) is 22.1. The molecule has 1 aliphatic carbocycles. The van der Waals surface area contributed by atoms with Crippen LogP contribution in [0.2, 0.25) is 0 Å². The second-order valence-electron chi connectivity index (χ2n) is 11.6. The Hall–Kier alpha value is -3.82. The van der Waals surface area contributed by atoms with Gasteiger partial charge in [-0.25, -0.2) is 0 Å². The van der Waals surface area contributed by atoms with Crippen molar-refractivity contribution >= 4 is 46.4 Å². The number of nitrogens with zero attached hydrogens (tertiary/aromatic N) is 2. The van der Waals surface area contributed by atoms with E-state index in [1.54, 1.807) is 0 Å². The summed E-state index contributed by atoms with van der Waals surface area (Å²) in [4.78, 5) is 32.8. The lowest BCUT2D eigenvalue weighted by molar-refractivity contribution is -0.144. The largest absolute Gasteiger partial charge is 0.481 e. The number of hydrogen-bond acceptors (Lipinski definition) is 7. The molecular formula is C34H37N3O5S. The Morgan fingerprint density at radius 3 is 2.58 bits per heavy atom. The number of fused-ring (bicyclic) bond motifs is 1. The van der Waals surface area contributed by atoms with Crippen LogP contribution in [0.15, 0.2) is 82.1 Å². The van der Waals surface area contributed by atoms with E-state index in [1.165, 1.54) is 4.90 Å². The van der Waals surface area contributed by atoms with Crippen LogP contribution in [0.4, 0.5) is 11.7 Å². The number of likely N-dealkylation sites (tertiary alicyclic amines) is 1. The number of carbonyl (C=O) groups is 2. The third kappa shape index (κ3) is 7.22. The highest BCUT2D eigenvalue weighted by Gasteiger charge is 2.37. The quantitative estimate of drug-likeness (QED) is 0.204. The number of amides is 1. The molecule has 2 aliphatic rings. The monoisotopic (exact) mass is 599 g/mol. The fraction of sp³-hybridized carbons (Fsp3) is 0.382. The first-order valence-electron chi connectivity index (χ1n) is 15.0. The van der Waals surface area contributed by atoms with Gasteiger partial charge in [0.05, 0.1) is 31.1 Å². The maximum atomic E-state index is 13.7. The van der Waals surface area contributed by atoms with E-state index in [2.05, 4.69) is 22.4 Å². The predicted octanol–water partition coefficient (Wildman–Crippen LogP) is 6.84. The summed E-state index contributed by atoms with van der Waals surface area (Å²) < 4.78 is 12.3. The maximum Gasteiger partial charge on any atom is 0.306 e. The zero-order chi connectivity index (χ0) is 29.8. The predicted molar refractivity (Wildman–Crippen MR) is 168 cm³/mol. The minimum atomic E-state index is -0.714. The smallest absolute Gasteiger partial charge is 0.306 e. The average Bonchev–Trinajstić information content (AvgIpc) is 3.61. The van der Waals surface area contributed by atoms with E-state index in [0.717, 1.165) is 41.6 Å². The topological polar surface area (TPSA) is 105 Å². The summed E-state index contributed by atoms with van der Waals surface area (Å²) in [5.41, 5.74) is 4.28. The Bertz CT molecular complexity index is 1570. The van der Waals surface area contributed by atoms with Gasteiger partial charge in [-0.15, -0.1) is 11.8 Å². The van der Waals surface area contributed by atoms with Crippen molar-refractivity contribution in [3.8, 4) is 0 Å². The molecule has 1 saturated carbocycles. The van der Waals surface area contributed by atoms with Gasteiger partial charge in [0, 0.05) is 22.4 Å². The zero-order valence-corrected chi connectivity index (χ0v) is 25.1. The van der Waals surface area contributed by atoms with Gasteiger partial charge < -0.3 is 24.5 Å². The number of benzene rings is 3. The Kier molecular flexibility index (Phi) is 9.00. The van der Waals surface area contributed by atoms with E-state index >= 15 is 0 Å². The van der Waals surface area contributed by atoms with Crippen LogP contribution in [-0.4, -0.2) is 57.4 Å². The molecule has 224 valence electrons. The number of carboxylic acids is 1. The molecule has 0 radical (unpaired) electrons. The molecule has 2 atom stereocenters. The lowest BCUT2D eigenvalue weighted by Crippen LogP contribution is -2.40. The highest BCUT2D eigenvalue weighted by atomic mass is 32.2. The highest BCUT2D eigenvalue weighted by Crippen LogP contribution is 2.35. The molecule has 9 heteroatoms. The molecule has 2 heterocycles. The van der Waals surface area contributed by atoms with Gasteiger partial charge in [-0.1, -0.05) is 42.5 Å². The minimum Gasteiger partial charge on any atom is -0.481 e. The number of thioether (sulfide) groups is 1. The van der Waals surface area contributed by atoms with Crippen molar-refractivity contribution in [3.63, 3.8) is 0 Å². The average molecular weight is 600 g/mol. The molecule has 6 rings (SSSR count). The summed E-state index contributed by atoms with van der Waals surface area (Å²) in [6.45, 7) is 3.15. The summed E-state index contributed by atoms with van der Waals surface area (Å²) in [6, 6.07) is 24.4.